The van der Waals surface area contributed by atoms with Crippen molar-refractivity contribution >= 4 is 44.4 Å². The van der Waals surface area contributed by atoms with Crippen molar-refractivity contribution in [1.29, 1.82) is 5.26 Å². The summed E-state index contributed by atoms with van der Waals surface area (Å²) in [6, 6.07) is 20.7. The number of nitrogens with zero attached hydrogens (tertiary/aromatic N) is 1. The van der Waals surface area contributed by atoms with Gasteiger partial charge < -0.3 is 10.1 Å². The van der Waals surface area contributed by atoms with Crippen LogP contribution in [0.3, 0.4) is 0 Å². The molecule has 0 radical (unpaired) electrons. The largest absolute Gasteiger partial charge is 0.489 e. The lowest BCUT2D eigenvalue weighted by molar-refractivity contribution is -0.112. The summed E-state index contributed by atoms with van der Waals surface area (Å²) in [5.74, 6) is 0.107. The average molecular weight is 433 g/mol. The fraction of sp³-hybridized carbons (Fsp3) is 0.0435. The summed E-state index contributed by atoms with van der Waals surface area (Å²) in [6.07, 6.45) is 3.21. The van der Waals surface area contributed by atoms with E-state index < -0.39 is 5.91 Å². The highest BCUT2D eigenvalue weighted by molar-refractivity contribution is 9.10. The van der Waals surface area contributed by atoms with Crippen LogP contribution in [0.2, 0.25) is 0 Å². The standard InChI is InChI=1S/C23H17BrN2O2/c1-2-13-28-22-12-7-16-5-3-4-6-20(16)21(22)14-17(15-25)23(27)26-19-10-8-18(24)9-11-19/h2-12,14H,1,13H2,(H,26,27)/b17-14+. The van der Waals surface area contributed by atoms with Crippen molar-refractivity contribution in [3.05, 3.63) is 88.9 Å². The van der Waals surface area contributed by atoms with E-state index in [1.807, 2.05) is 54.6 Å². The van der Waals surface area contributed by atoms with Crippen LogP contribution in [0.15, 0.2) is 83.4 Å². The molecule has 3 rings (SSSR count). The molecule has 3 aromatic rings. The van der Waals surface area contributed by atoms with Crippen LogP contribution in [-0.2, 0) is 4.79 Å². The van der Waals surface area contributed by atoms with Crippen LogP contribution in [0.25, 0.3) is 16.8 Å². The number of fused-ring (bicyclic) bond motifs is 1. The predicted octanol–water partition coefficient (Wildman–Crippen LogP) is 5.71. The van der Waals surface area contributed by atoms with Gasteiger partial charge in [0.15, 0.2) is 0 Å². The molecule has 5 heteroatoms. The Morgan fingerprint density at radius 1 is 1.14 bits per heavy atom. The number of benzene rings is 3. The number of carbonyl (C=O) groups is 1. The molecule has 1 amide bonds. The highest BCUT2D eigenvalue weighted by Crippen LogP contribution is 2.30. The SMILES string of the molecule is C=CCOc1ccc2ccccc2c1/C=C(\C#N)C(=O)Nc1ccc(Br)cc1. The van der Waals surface area contributed by atoms with Gasteiger partial charge in [0.2, 0.25) is 0 Å². The molecule has 0 heterocycles. The number of rotatable bonds is 6. The van der Waals surface area contributed by atoms with Crippen LogP contribution < -0.4 is 10.1 Å². The molecule has 0 saturated carbocycles. The lowest BCUT2D eigenvalue weighted by Gasteiger charge is -2.11. The number of ether oxygens (including phenoxy) is 1. The van der Waals surface area contributed by atoms with E-state index in [1.54, 1.807) is 24.3 Å². The Hall–Kier alpha value is -3.36. The summed E-state index contributed by atoms with van der Waals surface area (Å²) < 4.78 is 6.65. The van der Waals surface area contributed by atoms with Crippen molar-refractivity contribution in [3.63, 3.8) is 0 Å². The second-order valence-corrected chi connectivity index (χ2v) is 6.84. The Morgan fingerprint density at radius 3 is 2.61 bits per heavy atom. The van der Waals surface area contributed by atoms with Gasteiger partial charge in [-0.2, -0.15) is 5.26 Å². The van der Waals surface area contributed by atoms with Crippen LogP contribution in [0.1, 0.15) is 5.56 Å². The first-order chi connectivity index (χ1) is 13.6. The topological polar surface area (TPSA) is 62.1 Å². The van der Waals surface area contributed by atoms with E-state index in [2.05, 4.69) is 27.8 Å². The summed E-state index contributed by atoms with van der Waals surface area (Å²) in [5.41, 5.74) is 1.28. The molecule has 0 atom stereocenters. The predicted molar refractivity (Wildman–Crippen MR) is 116 cm³/mol. The zero-order chi connectivity index (χ0) is 19.9. The summed E-state index contributed by atoms with van der Waals surface area (Å²) >= 11 is 3.35. The van der Waals surface area contributed by atoms with E-state index in [-0.39, 0.29) is 5.57 Å². The molecule has 138 valence electrons. The Labute approximate surface area is 171 Å². The quantitative estimate of drug-likeness (QED) is 0.308. The number of amides is 1. The number of hydrogen-bond acceptors (Lipinski definition) is 3. The molecule has 0 unspecified atom stereocenters. The smallest absolute Gasteiger partial charge is 0.266 e. The molecule has 0 fully saturated rings. The minimum atomic E-state index is -0.479. The molecule has 0 aliphatic heterocycles. The Morgan fingerprint density at radius 2 is 1.89 bits per heavy atom. The van der Waals surface area contributed by atoms with Crippen LogP contribution in [-0.4, -0.2) is 12.5 Å². The molecule has 0 saturated heterocycles. The first kappa shape index (κ1) is 19.4. The minimum absolute atomic E-state index is 0.0114. The van der Waals surface area contributed by atoms with E-state index in [0.29, 0.717) is 23.6 Å². The highest BCUT2D eigenvalue weighted by Gasteiger charge is 2.13. The van der Waals surface area contributed by atoms with Crippen molar-refractivity contribution in [2.24, 2.45) is 0 Å². The molecule has 0 bridgehead atoms. The van der Waals surface area contributed by atoms with Gasteiger partial charge in [-0.3, -0.25) is 4.79 Å². The Balaban J connectivity index is 2.02. The molecule has 0 spiro atoms. The van der Waals surface area contributed by atoms with Crippen molar-refractivity contribution in [2.75, 3.05) is 11.9 Å². The Kier molecular flexibility index (Phi) is 6.25. The number of anilines is 1. The summed E-state index contributed by atoms with van der Waals surface area (Å²) in [6.45, 7) is 3.99. The molecule has 3 aromatic carbocycles. The zero-order valence-corrected chi connectivity index (χ0v) is 16.6. The molecule has 28 heavy (non-hydrogen) atoms. The third-order valence-electron chi connectivity index (χ3n) is 4.04. The zero-order valence-electron chi connectivity index (χ0n) is 15.0. The number of hydrogen-bond donors (Lipinski definition) is 1. The number of nitrogens with one attached hydrogen (secondary N) is 1. The average Bonchev–Trinajstić information content (AvgIpc) is 2.72. The second kappa shape index (κ2) is 9.03. The van der Waals surface area contributed by atoms with Crippen molar-refractivity contribution in [3.8, 4) is 11.8 Å². The lowest BCUT2D eigenvalue weighted by atomic mass is 10.0. The summed E-state index contributed by atoms with van der Waals surface area (Å²) in [7, 11) is 0. The molecular weight excluding hydrogens is 416 g/mol. The van der Waals surface area contributed by atoms with Gasteiger partial charge in [0, 0.05) is 15.7 Å². The van der Waals surface area contributed by atoms with Crippen LogP contribution in [0.5, 0.6) is 5.75 Å². The lowest BCUT2D eigenvalue weighted by Crippen LogP contribution is -2.13. The van der Waals surface area contributed by atoms with Gasteiger partial charge in [0.25, 0.3) is 5.91 Å². The van der Waals surface area contributed by atoms with E-state index in [9.17, 15) is 10.1 Å². The number of nitriles is 1. The van der Waals surface area contributed by atoms with Gasteiger partial charge in [-0.05, 0) is 47.2 Å². The fourth-order valence-electron chi connectivity index (χ4n) is 2.72. The van der Waals surface area contributed by atoms with Gasteiger partial charge in [-0.1, -0.05) is 58.9 Å². The summed E-state index contributed by atoms with van der Waals surface area (Å²) in [5, 5.41) is 14.2. The maximum absolute atomic E-state index is 12.6. The monoisotopic (exact) mass is 432 g/mol. The van der Waals surface area contributed by atoms with E-state index in [0.717, 1.165) is 15.2 Å². The number of carbonyl (C=O) groups excluding carboxylic acids is 1. The summed E-state index contributed by atoms with van der Waals surface area (Å²) in [4.78, 5) is 12.6. The normalized spacial score (nSPS) is 10.9. The van der Waals surface area contributed by atoms with Crippen LogP contribution in [0, 0.1) is 11.3 Å². The van der Waals surface area contributed by atoms with Gasteiger partial charge in [-0.15, -0.1) is 0 Å². The fourth-order valence-corrected chi connectivity index (χ4v) is 2.99. The molecular formula is C23H17BrN2O2. The second-order valence-electron chi connectivity index (χ2n) is 5.93. The molecule has 0 aromatic heterocycles. The molecule has 4 nitrogen and oxygen atoms in total. The van der Waals surface area contributed by atoms with Gasteiger partial charge in [-0.25, -0.2) is 0 Å². The molecule has 1 N–H and O–H groups in total. The highest BCUT2D eigenvalue weighted by atomic mass is 79.9. The van der Waals surface area contributed by atoms with Crippen molar-refractivity contribution < 1.29 is 9.53 Å². The third kappa shape index (κ3) is 4.48. The third-order valence-corrected chi connectivity index (χ3v) is 4.57. The Bertz CT molecular complexity index is 1100. The maximum Gasteiger partial charge on any atom is 0.266 e. The van der Waals surface area contributed by atoms with Crippen LogP contribution >= 0.6 is 15.9 Å². The van der Waals surface area contributed by atoms with Gasteiger partial charge in [0.1, 0.15) is 24.0 Å². The van der Waals surface area contributed by atoms with Gasteiger partial charge >= 0.3 is 0 Å². The first-order valence-corrected chi connectivity index (χ1v) is 9.36. The first-order valence-electron chi connectivity index (χ1n) is 8.56. The number of halogens is 1. The van der Waals surface area contributed by atoms with E-state index in [1.165, 1.54) is 0 Å². The van der Waals surface area contributed by atoms with Gasteiger partial charge in [0.05, 0.1) is 0 Å². The molecule has 0 aliphatic rings. The van der Waals surface area contributed by atoms with Crippen molar-refractivity contribution in [1.82, 2.24) is 0 Å². The van der Waals surface area contributed by atoms with E-state index >= 15 is 0 Å². The molecule has 0 aliphatic carbocycles. The van der Waals surface area contributed by atoms with Crippen molar-refractivity contribution in [2.45, 2.75) is 0 Å². The maximum atomic E-state index is 12.6. The van der Waals surface area contributed by atoms with E-state index in [4.69, 9.17) is 4.74 Å². The van der Waals surface area contributed by atoms with Crippen LogP contribution in [0.4, 0.5) is 5.69 Å². The minimum Gasteiger partial charge on any atom is -0.489 e.